The lowest BCUT2D eigenvalue weighted by Gasteiger charge is -2.16. The molecule has 0 fully saturated rings. The molecule has 5 heteroatoms. The Kier molecular flexibility index (Phi) is 5.07. The molecule has 0 saturated carbocycles. The standard InChI is InChI=1S/C29H23N3O2/c33-29-25(17-21-15-23-13-7-8-14-27(23)34-19-21)31-28-24(16-20-9-3-1-4-10-20)30-26(18-32(28)29)22-11-5-2-6-12-22/h1-15,18,30H,16-17,19H2. The van der Waals surface area contributed by atoms with Crippen molar-refractivity contribution in [3.05, 3.63) is 130 Å². The summed E-state index contributed by atoms with van der Waals surface area (Å²) in [4.78, 5) is 21.8. The monoisotopic (exact) mass is 445 g/mol. The van der Waals surface area contributed by atoms with Gasteiger partial charge >= 0.3 is 0 Å². The Hall–Kier alpha value is -4.38. The number of hydrogen-bond donors (Lipinski definition) is 1. The SMILES string of the molecule is O=c1c(CC2=Cc3ccccc3OC2)nc2c(Cc3ccccc3)[nH]c(-c3ccccc3)cn1-2. The van der Waals surface area contributed by atoms with Crippen molar-refractivity contribution in [2.75, 3.05) is 6.61 Å². The van der Waals surface area contributed by atoms with Gasteiger partial charge in [-0.15, -0.1) is 0 Å². The van der Waals surface area contributed by atoms with E-state index in [1.165, 1.54) is 0 Å². The van der Waals surface area contributed by atoms with Gasteiger partial charge in [-0.2, -0.15) is 0 Å². The molecule has 1 N–H and O–H groups in total. The molecule has 34 heavy (non-hydrogen) atoms. The second-order valence-electron chi connectivity index (χ2n) is 8.54. The number of fused-ring (bicyclic) bond motifs is 2. The highest BCUT2D eigenvalue weighted by atomic mass is 16.5. The maximum atomic E-state index is 13.5. The average molecular weight is 446 g/mol. The first-order valence-electron chi connectivity index (χ1n) is 11.4. The van der Waals surface area contributed by atoms with Crippen LogP contribution in [-0.4, -0.2) is 21.1 Å². The van der Waals surface area contributed by atoms with E-state index in [9.17, 15) is 4.79 Å². The molecular formula is C29H23N3O2. The van der Waals surface area contributed by atoms with Crippen molar-refractivity contribution in [1.29, 1.82) is 0 Å². The normalized spacial score (nSPS) is 12.8. The van der Waals surface area contributed by atoms with Crippen LogP contribution < -0.4 is 10.3 Å². The summed E-state index contributed by atoms with van der Waals surface area (Å²) in [5.74, 6) is 1.54. The van der Waals surface area contributed by atoms with Crippen LogP contribution in [0.15, 0.2) is 101 Å². The Bertz CT molecular complexity index is 1510. The predicted octanol–water partition coefficient (Wildman–Crippen LogP) is 5.27. The van der Waals surface area contributed by atoms with E-state index in [1.54, 1.807) is 4.57 Å². The molecule has 166 valence electrons. The fourth-order valence-electron chi connectivity index (χ4n) is 4.46. The molecule has 5 nitrogen and oxygen atoms in total. The summed E-state index contributed by atoms with van der Waals surface area (Å²) in [6.45, 7) is 0.461. The van der Waals surface area contributed by atoms with Gasteiger partial charge in [-0.05, 0) is 28.8 Å². The van der Waals surface area contributed by atoms with Gasteiger partial charge in [0.1, 0.15) is 18.1 Å². The number of H-pyrrole nitrogens is 1. The lowest BCUT2D eigenvalue weighted by atomic mass is 10.0. The number of rotatable bonds is 5. The van der Waals surface area contributed by atoms with Crippen molar-refractivity contribution in [2.24, 2.45) is 0 Å². The predicted molar refractivity (Wildman–Crippen MR) is 134 cm³/mol. The minimum Gasteiger partial charge on any atom is -0.489 e. The molecule has 0 unspecified atom stereocenters. The number of aromatic amines is 1. The number of benzene rings is 3. The van der Waals surface area contributed by atoms with Crippen molar-refractivity contribution in [3.63, 3.8) is 0 Å². The molecule has 3 aromatic carbocycles. The molecule has 0 bridgehead atoms. The second-order valence-corrected chi connectivity index (χ2v) is 8.54. The first-order valence-corrected chi connectivity index (χ1v) is 11.4. The van der Waals surface area contributed by atoms with Gasteiger partial charge < -0.3 is 9.72 Å². The van der Waals surface area contributed by atoms with Crippen LogP contribution in [0.2, 0.25) is 0 Å². The van der Waals surface area contributed by atoms with E-state index in [2.05, 4.69) is 23.2 Å². The van der Waals surface area contributed by atoms with Gasteiger partial charge in [0, 0.05) is 24.6 Å². The van der Waals surface area contributed by atoms with Crippen LogP contribution >= 0.6 is 0 Å². The number of ether oxygens (including phenoxy) is 1. The topological polar surface area (TPSA) is 59.9 Å². The van der Waals surface area contributed by atoms with Crippen molar-refractivity contribution in [2.45, 2.75) is 12.8 Å². The van der Waals surface area contributed by atoms with Gasteiger partial charge in [0.05, 0.1) is 11.4 Å². The molecule has 3 aliphatic rings. The maximum absolute atomic E-state index is 13.5. The van der Waals surface area contributed by atoms with E-state index in [0.717, 1.165) is 39.4 Å². The largest absolute Gasteiger partial charge is 0.489 e. The summed E-state index contributed by atoms with van der Waals surface area (Å²) < 4.78 is 7.58. The molecule has 0 saturated heterocycles. The molecule has 3 aromatic rings. The van der Waals surface area contributed by atoms with Crippen LogP contribution in [-0.2, 0) is 12.8 Å². The van der Waals surface area contributed by atoms with Crippen LogP contribution in [0.4, 0.5) is 0 Å². The zero-order chi connectivity index (χ0) is 22.9. The van der Waals surface area contributed by atoms with Gasteiger partial charge in [-0.3, -0.25) is 9.36 Å². The van der Waals surface area contributed by atoms with Gasteiger partial charge in [0.15, 0.2) is 5.82 Å². The Morgan fingerprint density at radius 3 is 2.44 bits per heavy atom. The number of nitrogens with one attached hydrogen (secondary N) is 1. The van der Waals surface area contributed by atoms with Crippen molar-refractivity contribution in [1.82, 2.24) is 14.5 Å². The zero-order valence-corrected chi connectivity index (χ0v) is 18.6. The molecule has 3 aliphatic heterocycles. The molecule has 0 aromatic heterocycles. The maximum Gasteiger partial charge on any atom is 0.278 e. The number of hydrogen-bond acceptors (Lipinski definition) is 3. The highest BCUT2D eigenvalue weighted by Crippen LogP contribution is 2.28. The van der Waals surface area contributed by atoms with E-state index < -0.39 is 0 Å². The quantitative estimate of drug-likeness (QED) is 0.401. The second kappa shape index (κ2) is 8.52. The molecule has 0 spiro atoms. The lowest BCUT2D eigenvalue weighted by molar-refractivity contribution is 0.344. The zero-order valence-electron chi connectivity index (χ0n) is 18.6. The van der Waals surface area contributed by atoms with Gasteiger partial charge in [0.2, 0.25) is 0 Å². The van der Waals surface area contributed by atoms with E-state index in [-0.39, 0.29) is 5.56 Å². The highest BCUT2D eigenvalue weighted by Gasteiger charge is 2.22. The minimum atomic E-state index is -0.0877. The number of imidazole rings is 1. The molecular weight excluding hydrogens is 422 g/mol. The number of nitrogens with zero attached hydrogens (tertiary/aromatic N) is 2. The Morgan fingerprint density at radius 1 is 0.882 bits per heavy atom. The van der Waals surface area contributed by atoms with Crippen LogP contribution in [0.1, 0.15) is 22.5 Å². The van der Waals surface area contributed by atoms with Gasteiger partial charge in [-0.1, -0.05) is 78.9 Å². The third-order valence-electron chi connectivity index (χ3n) is 6.14. The van der Waals surface area contributed by atoms with Crippen LogP contribution in [0.3, 0.4) is 0 Å². The third kappa shape index (κ3) is 3.82. The first-order chi connectivity index (χ1) is 16.7. The minimum absolute atomic E-state index is 0.0877. The van der Waals surface area contributed by atoms with Gasteiger partial charge in [-0.25, -0.2) is 4.98 Å². The van der Waals surface area contributed by atoms with Crippen molar-refractivity contribution in [3.8, 4) is 22.8 Å². The lowest BCUT2D eigenvalue weighted by Crippen LogP contribution is -2.19. The number of para-hydroxylation sites is 1. The summed E-state index contributed by atoms with van der Waals surface area (Å²) in [5.41, 5.74) is 6.48. The molecule has 0 radical (unpaired) electrons. The third-order valence-corrected chi connectivity index (χ3v) is 6.14. The summed E-state index contributed by atoms with van der Waals surface area (Å²) >= 11 is 0. The Labute approximate surface area is 197 Å². The molecule has 3 heterocycles. The summed E-state index contributed by atoms with van der Waals surface area (Å²) in [6.07, 6.45) is 5.08. The smallest absolute Gasteiger partial charge is 0.278 e. The summed E-state index contributed by atoms with van der Waals surface area (Å²) in [7, 11) is 0. The van der Waals surface area contributed by atoms with E-state index in [1.807, 2.05) is 79.0 Å². The van der Waals surface area contributed by atoms with Crippen molar-refractivity contribution >= 4 is 6.08 Å². The Morgan fingerprint density at radius 2 is 1.62 bits per heavy atom. The molecule has 0 amide bonds. The van der Waals surface area contributed by atoms with Gasteiger partial charge in [0.25, 0.3) is 5.56 Å². The van der Waals surface area contributed by atoms with E-state index in [4.69, 9.17) is 9.72 Å². The van der Waals surface area contributed by atoms with E-state index in [0.29, 0.717) is 31.0 Å². The van der Waals surface area contributed by atoms with E-state index >= 15 is 0 Å². The number of aromatic nitrogens is 3. The van der Waals surface area contributed by atoms with Crippen LogP contribution in [0.5, 0.6) is 5.75 Å². The fourth-order valence-corrected chi connectivity index (χ4v) is 4.46. The fraction of sp³-hybridized carbons (Fsp3) is 0.103. The summed E-state index contributed by atoms with van der Waals surface area (Å²) in [6, 6.07) is 28.2. The molecule has 0 atom stereocenters. The summed E-state index contributed by atoms with van der Waals surface area (Å²) in [5, 5.41) is 0. The molecule has 6 rings (SSSR count). The van der Waals surface area contributed by atoms with Crippen LogP contribution in [0, 0.1) is 0 Å². The van der Waals surface area contributed by atoms with Crippen LogP contribution in [0.25, 0.3) is 23.2 Å². The highest BCUT2D eigenvalue weighted by molar-refractivity contribution is 5.63. The Balaban J connectivity index is 1.44. The van der Waals surface area contributed by atoms with Crippen molar-refractivity contribution < 1.29 is 4.74 Å². The average Bonchev–Trinajstić information content (AvgIpc) is 3.20. The molecule has 0 aliphatic carbocycles. The first kappa shape index (κ1) is 20.2.